The van der Waals surface area contributed by atoms with E-state index in [-0.39, 0.29) is 18.0 Å². The molecule has 0 aliphatic carbocycles. The third-order valence-electron chi connectivity index (χ3n) is 5.06. The summed E-state index contributed by atoms with van der Waals surface area (Å²) < 4.78 is 17.7. The van der Waals surface area contributed by atoms with Crippen molar-refractivity contribution < 1.29 is 19.0 Å². The van der Waals surface area contributed by atoms with Gasteiger partial charge in [-0.2, -0.15) is 0 Å². The lowest BCUT2D eigenvalue weighted by atomic mass is 10.1. The Morgan fingerprint density at radius 3 is 2.54 bits per heavy atom. The maximum absolute atomic E-state index is 13.0. The first-order valence-electron chi connectivity index (χ1n) is 9.38. The van der Waals surface area contributed by atoms with E-state index >= 15 is 0 Å². The number of nitrogens with one attached hydrogen (secondary N) is 1. The van der Waals surface area contributed by atoms with E-state index in [4.69, 9.17) is 14.2 Å². The number of hydrogen-bond acceptors (Lipinski definition) is 5. The molecule has 0 saturated carbocycles. The van der Waals surface area contributed by atoms with E-state index in [1.54, 1.807) is 24.9 Å². The summed E-state index contributed by atoms with van der Waals surface area (Å²) in [6.45, 7) is 0.915. The fourth-order valence-corrected chi connectivity index (χ4v) is 3.58. The van der Waals surface area contributed by atoms with Crippen LogP contribution >= 0.6 is 0 Å². The number of amides is 1. The van der Waals surface area contributed by atoms with E-state index in [1.807, 2.05) is 12.1 Å². The molecule has 0 atom stereocenters. The fraction of sp³-hybridized carbons (Fsp3) is 0.429. The molecule has 7 nitrogen and oxygen atoms in total. The van der Waals surface area contributed by atoms with Crippen molar-refractivity contribution >= 4 is 5.91 Å². The lowest BCUT2D eigenvalue weighted by Crippen LogP contribution is -2.30. The first kappa shape index (κ1) is 19.8. The number of hydrogen-bond donors (Lipinski definition) is 1. The van der Waals surface area contributed by atoms with Crippen molar-refractivity contribution in [3.05, 3.63) is 51.4 Å². The average molecular weight is 386 g/mol. The number of benzene rings is 1. The highest BCUT2D eigenvalue weighted by Gasteiger charge is 2.23. The number of fused-ring (bicyclic) bond motifs is 1. The summed E-state index contributed by atoms with van der Waals surface area (Å²) in [5.41, 5.74) is 1.90. The van der Waals surface area contributed by atoms with Gasteiger partial charge in [0.2, 0.25) is 0 Å². The first-order valence-corrected chi connectivity index (χ1v) is 9.38. The monoisotopic (exact) mass is 386 g/mol. The minimum atomic E-state index is -0.264. The van der Waals surface area contributed by atoms with Crippen LogP contribution in [-0.2, 0) is 19.5 Å². The number of carbonyl (C=O) groups is 1. The molecular formula is C21H26N2O5. The van der Waals surface area contributed by atoms with Gasteiger partial charge in [-0.05, 0) is 31.4 Å². The largest absolute Gasteiger partial charge is 0.497 e. The van der Waals surface area contributed by atoms with Crippen LogP contribution in [-0.4, -0.2) is 31.8 Å². The Hall–Kier alpha value is -2.96. The van der Waals surface area contributed by atoms with Crippen molar-refractivity contribution in [3.8, 4) is 17.2 Å². The van der Waals surface area contributed by atoms with Gasteiger partial charge in [0, 0.05) is 36.5 Å². The fourth-order valence-electron chi connectivity index (χ4n) is 3.58. The molecule has 1 aliphatic rings. The quantitative estimate of drug-likeness (QED) is 0.825. The Labute approximate surface area is 164 Å². The third kappa shape index (κ3) is 3.98. The predicted octanol–water partition coefficient (Wildman–Crippen LogP) is 2.53. The van der Waals surface area contributed by atoms with Gasteiger partial charge in [-0.15, -0.1) is 0 Å². The summed E-state index contributed by atoms with van der Waals surface area (Å²) in [6, 6.07) is 6.84. The van der Waals surface area contributed by atoms with Gasteiger partial charge in [0.1, 0.15) is 22.8 Å². The van der Waals surface area contributed by atoms with Crippen LogP contribution in [0.1, 0.15) is 40.9 Å². The predicted molar refractivity (Wildman–Crippen MR) is 106 cm³/mol. The maximum atomic E-state index is 13.0. The summed E-state index contributed by atoms with van der Waals surface area (Å²) in [5, 5.41) is 2.94. The summed E-state index contributed by atoms with van der Waals surface area (Å²) in [6.07, 6.45) is 3.59. The molecule has 150 valence electrons. The number of nitrogens with zero attached hydrogens (tertiary/aromatic N) is 1. The molecule has 3 rings (SSSR count). The first-order chi connectivity index (χ1) is 13.6. The Morgan fingerprint density at radius 2 is 1.82 bits per heavy atom. The van der Waals surface area contributed by atoms with Gasteiger partial charge in [-0.3, -0.25) is 9.59 Å². The van der Waals surface area contributed by atoms with Crippen molar-refractivity contribution in [2.24, 2.45) is 0 Å². The molecule has 7 heteroatoms. The molecule has 0 saturated heterocycles. The summed E-state index contributed by atoms with van der Waals surface area (Å²) in [5.74, 6) is 1.37. The third-order valence-corrected chi connectivity index (χ3v) is 5.06. The molecule has 1 amide bonds. The van der Waals surface area contributed by atoms with E-state index in [9.17, 15) is 9.59 Å². The Bertz CT molecular complexity index is 920. The number of carbonyl (C=O) groups excluding carboxylic acids is 1. The zero-order chi connectivity index (χ0) is 20.1. The van der Waals surface area contributed by atoms with Gasteiger partial charge in [0.25, 0.3) is 11.5 Å². The Morgan fingerprint density at radius 1 is 1.04 bits per heavy atom. The van der Waals surface area contributed by atoms with Gasteiger partial charge >= 0.3 is 0 Å². The zero-order valence-electron chi connectivity index (χ0n) is 16.5. The van der Waals surface area contributed by atoms with Crippen LogP contribution in [0.5, 0.6) is 17.2 Å². The van der Waals surface area contributed by atoms with Gasteiger partial charge < -0.3 is 24.1 Å². The van der Waals surface area contributed by atoms with Gasteiger partial charge in [-0.25, -0.2) is 0 Å². The lowest BCUT2D eigenvalue weighted by molar-refractivity contribution is 0.0945. The van der Waals surface area contributed by atoms with Crippen molar-refractivity contribution in [2.45, 2.75) is 38.8 Å². The molecule has 2 heterocycles. The highest BCUT2D eigenvalue weighted by atomic mass is 16.5. The van der Waals surface area contributed by atoms with E-state index in [2.05, 4.69) is 5.32 Å². The summed E-state index contributed by atoms with van der Waals surface area (Å²) in [7, 11) is 4.64. The van der Waals surface area contributed by atoms with Crippen LogP contribution in [0.4, 0.5) is 0 Å². The molecular weight excluding hydrogens is 360 g/mol. The average Bonchev–Trinajstić information content (AvgIpc) is 2.98. The van der Waals surface area contributed by atoms with Gasteiger partial charge in [0.15, 0.2) is 0 Å². The minimum Gasteiger partial charge on any atom is -0.497 e. The molecule has 2 aromatic rings. The molecule has 0 fully saturated rings. The molecule has 1 N–H and O–H groups in total. The normalized spacial score (nSPS) is 13.2. The topological polar surface area (TPSA) is 78.8 Å². The zero-order valence-corrected chi connectivity index (χ0v) is 16.5. The van der Waals surface area contributed by atoms with Crippen LogP contribution < -0.4 is 25.1 Å². The second kappa shape index (κ2) is 8.82. The van der Waals surface area contributed by atoms with E-state index in [0.717, 1.165) is 30.5 Å². The minimum absolute atomic E-state index is 0.123. The van der Waals surface area contributed by atoms with E-state index in [1.165, 1.54) is 13.2 Å². The standard InChI is InChI=1S/C21H26N2O5/c1-26-15-9-8-14(17(11-15)27-2)13-22-21(25)20-16-7-5-4-6-10-23(16)19(24)12-18(20)28-3/h8-9,11-12H,4-7,10,13H2,1-3H3,(H,22,25). The molecule has 1 aromatic carbocycles. The van der Waals surface area contributed by atoms with Crippen LogP contribution in [0.3, 0.4) is 0 Å². The van der Waals surface area contributed by atoms with E-state index < -0.39 is 0 Å². The van der Waals surface area contributed by atoms with Crippen molar-refractivity contribution in [1.82, 2.24) is 9.88 Å². The lowest BCUT2D eigenvalue weighted by Gasteiger charge is -2.18. The van der Waals surface area contributed by atoms with Crippen molar-refractivity contribution in [2.75, 3.05) is 21.3 Å². The summed E-state index contributed by atoms with van der Waals surface area (Å²) in [4.78, 5) is 25.5. The second-order valence-electron chi connectivity index (χ2n) is 6.70. The number of methoxy groups -OCH3 is 3. The van der Waals surface area contributed by atoms with Crippen molar-refractivity contribution in [3.63, 3.8) is 0 Å². The van der Waals surface area contributed by atoms with Crippen LogP contribution in [0, 0.1) is 0 Å². The highest BCUT2D eigenvalue weighted by Crippen LogP contribution is 2.26. The van der Waals surface area contributed by atoms with Gasteiger partial charge in [0.05, 0.1) is 21.3 Å². The summed E-state index contributed by atoms with van der Waals surface area (Å²) >= 11 is 0. The van der Waals surface area contributed by atoms with Gasteiger partial charge in [-0.1, -0.05) is 6.42 Å². The molecule has 0 spiro atoms. The van der Waals surface area contributed by atoms with Crippen LogP contribution in [0.25, 0.3) is 0 Å². The Balaban J connectivity index is 1.90. The SMILES string of the molecule is COc1ccc(CNC(=O)c2c(OC)cc(=O)n3c2CCCCC3)c(OC)c1. The van der Waals surface area contributed by atoms with Crippen molar-refractivity contribution in [1.29, 1.82) is 0 Å². The maximum Gasteiger partial charge on any atom is 0.257 e. The molecule has 28 heavy (non-hydrogen) atoms. The van der Waals surface area contributed by atoms with Crippen LogP contribution in [0.15, 0.2) is 29.1 Å². The second-order valence-corrected chi connectivity index (χ2v) is 6.70. The smallest absolute Gasteiger partial charge is 0.257 e. The number of pyridine rings is 1. The molecule has 0 radical (unpaired) electrons. The van der Waals surface area contributed by atoms with Crippen LogP contribution in [0.2, 0.25) is 0 Å². The molecule has 1 aliphatic heterocycles. The molecule has 0 unspecified atom stereocenters. The Kier molecular flexibility index (Phi) is 6.23. The number of rotatable bonds is 6. The molecule has 0 bridgehead atoms. The molecule has 1 aromatic heterocycles. The highest BCUT2D eigenvalue weighted by molar-refractivity contribution is 5.98. The van der Waals surface area contributed by atoms with E-state index in [0.29, 0.717) is 35.8 Å². The number of ether oxygens (including phenoxy) is 3. The number of aromatic nitrogens is 1.